The molecule has 0 aliphatic rings. The van der Waals surface area contributed by atoms with Crippen molar-refractivity contribution in [2.45, 2.75) is 39.7 Å². The maximum atomic E-state index is 5.38. The molecule has 0 aliphatic carbocycles. The maximum absolute atomic E-state index is 5.38. The number of benzene rings is 1. The second-order valence-electron chi connectivity index (χ2n) is 5.43. The topological polar surface area (TPSA) is 60.2 Å². The van der Waals surface area contributed by atoms with Gasteiger partial charge in [0.25, 0.3) is 0 Å². The normalized spacial score (nSPS) is 11.1. The summed E-state index contributed by atoms with van der Waals surface area (Å²) < 4.78 is 10.7. The summed E-state index contributed by atoms with van der Waals surface area (Å²) in [6, 6.07) is 6.45. The molecule has 2 rings (SSSR count). The molecule has 0 unspecified atom stereocenters. The predicted octanol–water partition coefficient (Wildman–Crippen LogP) is 2.98. The minimum absolute atomic E-state index is 0.500. The van der Waals surface area contributed by atoms with E-state index in [1.54, 1.807) is 7.11 Å². The molecule has 0 aliphatic heterocycles. The highest BCUT2D eigenvalue weighted by atomic mass is 16.5. The number of hydrogen-bond donors (Lipinski definition) is 1. The minimum Gasteiger partial charge on any atom is -0.496 e. The second kappa shape index (κ2) is 7.22. The average Bonchev–Trinajstić information content (AvgIpc) is 2.92. The van der Waals surface area contributed by atoms with E-state index in [2.05, 4.69) is 29.3 Å². The Kier molecular flexibility index (Phi) is 5.33. The van der Waals surface area contributed by atoms with Gasteiger partial charge in [-0.05, 0) is 37.6 Å². The molecule has 1 heterocycles. The van der Waals surface area contributed by atoms with E-state index < -0.39 is 0 Å². The van der Waals surface area contributed by atoms with Crippen LogP contribution in [0.2, 0.25) is 0 Å². The minimum atomic E-state index is 0.500. The summed E-state index contributed by atoms with van der Waals surface area (Å²) >= 11 is 0. The average molecular weight is 289 g/mol. The molecule has 0 saturated carbocycles. The van der Waals surface area contributed by atoms with E-state index in [0.29, 0.717) is 17.8 Å². The summed E-state index contributed by atoms with van der Waals surface area (Å²) in [4.78, 5) is 4.45. The quantitative estimate of drug-likeness (QED) is 0.794. The third kappa shape index (κ3) is 4.29. The number of methoxy groups -OCH3 is 1. The maximum Gasteiger partial charge on any atom is 0.227 e. The summed E-state index contributed by atoms with van der Waals surface area (Å²) in [7, 11) is 1.65. The standard InChI is InChI=1S/C16H23N3O2/c1-11(2)17-9-5-6-15-18-16(19-21-15)13-8-7-12(3)10-14(13)20-4/h7-8,10-11,17H,5-6,9H2,1-4H3. The van der Waals surface area contributed by atoms with E-state index in [4.69, 9.17) is 9.26 Å². The van der Waals surface area contributed by atoms with E-state index in [9.17, 15) is 0 Å². The van der Waals surface area contributed by atoms with Crippen LogP contribution >= 0.6 is 0 Å². The van der Waals surface area contributed by atoms with E-state index in [1.807, 2.05) is 25.1 Å². The molecule has 2 aromatic rings. The molecule has 0 bridgehead atoms. The van der Waals surface area contributed by atoms with Gasteiger partial charge in [0.05, 0.1) is 12.7 Å². The molecule has 114 valence electrons. The zero-order chi connectivity index (χ0) is 15.2. The Balaban J connectivity index is 2.02. The number of rotatable bonds is 7. The van der Waals surface area contributed by atoms with Crippen LogP contribution in [-0.2, 0) is 6.42 Å². The smallest absolute Gasteiger partial charge is 0.227 e. The number of ether oxygens (including phenoxy) is 1. The number of aromatic nitrogens is 2. The Bertz CT molecular complexity index is 579. The zero-order valence-electron chi connectivity index (χ0n) is 13.1. The van der Waals surface area contributed by atoms with Crippen LogP contribution in [0.1, 0.15) is 31.7 Å². The molecule has 1 N–H and O–H groups in total. The highest BCUT2D eigenvalue weighted by molar-refractivity contribution is 5.64. The number of nitrogens with one attached hydrogen (secondary N) is 1. The van der Waals surface area contributed by atoms with Crippen molar-refractivity contribution in [2.24, 2.45) is 0 Å². The SMILES string of the molecule is COc1cc(C)ccc1-c1noc(CCCNC(C)C)n1. The van der Waals surface area contributed by atoms with Gasteiger partial charge < -0.3 is 14.6 Å². The molecule has 0 spiro atoms. The number of hydrogen-bond acceptors (Lipinski definition) is 5. The lowest BCUT2D eigenvalue weighted by molar-refractivity contribution is 0.373. The van der Waals surface area contributed by atoms with E-state index >= 15 is 0 Å². The van der Waals surface area contributed by atoms with Gasteiger partial charge in [0, 0.05) is 12.5 Å². The summed E-state index contributed by atoms with van der Waals surface area (Å²) in [5, 5.41) is 7.42. The zero-order valence-corrected chi connectivity index (χ0v) is 13.1. The Labute approximate surface area is 125 Å². The van der Waals surface area contributed by atoms with E-state index in [0.717, 1.165) is 36.3 Å². The molecule has 1 aromatic carbocycles. The lowest BCUT2D eigenvalue weighted by Gasteiger charge is -2.06. The molecule has 1 aromatic heterocycles. The summed E-state index contributed by atoms with van der Waals surface area (Å²) in [5.74, 6) is 2.01. The van der Waals surface area contributed by atoms with E-state index in [1.165, 1.54) is 0 Å². The molecule has 0 fully saturated rings. The van der Waals surface area contributed by atoms with Crippen molar-refractivity contribution in [1.82, 2.24) is 15.5 Å². The first-order valence-corrected chi connectivity index (χ1v) is 7.31. The monoisotopic (exact) mass is 289 g/mol. The first-order valence-electron chi connectivity index (χ1n) is 7.31. The van der Waals surface area contributed by atoms with Crippen LogP contribution in [-0.4, -0.2) is 29.8 Å². The van der Waals surface area contributed by atoms with Crippen LogP contribution in [0, 0.1) is 6.92 Å². The highest BCUT2D eigenvalue weighted by Crippen LogP contribution is 2.28. The summed E-state index contributed by atoms with van der Waals surface area (Å²) in [6.07, 6.45) is 1.76. The van der Waals surface area contributed by atoms with Gasteiger partial charge in [0.15, 0.2) is 0 Å². The first-order chi connectivity index (χ1) is 10.1. The molecule has 0 saturated heterocycles. The van der Waals surface area contributed by atoms with E-state index in [-0.39, 0.29) is 0 Å². The van der Waals surface area contributed by atoms with Crippen LogP contribution in [0.5, 0.6) is 5.75 Å². The highest BCUT2D eigenvalue weighted by Gasteiger charge is 2.13. The molecule has 0 amide bonds. The number of aryl methyl sites for hydroxylation is 2. The van der Waals surface area contributed by atoms with Crippen molar-refractivity contribution in [3.8, 4) is 17.1 Å². The van der Waals surface area contributed by atoms with Crippen LogP contribution < -0.4 is 10.1 Å². The fourth-order valence-electron chi connectivity index (χ4n) is 2.08. The number of nitrogens with zero attached hydrogens (tertiary/aromatic N) is 2. The molecule has 5 heteroatoms. The van der Waals surface area contributed by atoms with Gasteiger partial charge in [-0.15, -0.1) is 0 Å². The van der Waals surface area contributed by atoms with Gasteiger partial charge >= 0.3 is 0 Å². The summed E-state index contributed by atoms with van der Waals surface area (Å²) in [6.45, 7) is 7.24. The van der Waals surface area contributed by atoms with Crippen molar-refractivity contribution in [3.63, 3.8) is 0 Å². The Morgan fingerprint density at radius 1 is 1.33 bits per heavy atom. The van der Waals surface area contributed by atoms with Crippen molar-refractivity contribution < 1.29 is 9.26 Å². The van der Waals surface area contributed by atoms with Gasteiger partial charge in [-0.1, -0.05) is 25.1 Å². The molecule has 0 atom stereocenters. The lowest BCUT2D eigenvalue weighted by atomic mass is 10.1. The van der Waals surface area contributed by atoms with Crippen molar-refractivity contribution in [3.05, 3.63) is 29.7 Å². The second-order valence-corrected chi connectivity index (χ2v) is 5.43. The lowest BCUT2D eigenvalue weighted by Crippen LogP contribution is -2.23. The fourth-order valence-corrected chi connectivity index (χ4v) is 2.08. The fraction of sp³-hybridized carbons (Fsp3) is 0.500. The van der Waals surface area contributed by atoms with Crippen molar-refractivity contribution in [2.75, 3.05) is 13.7 Å². The largest absolute Gasteiger partial charge is 0.496 e. The van der Waals surface area contributed by atoms with Gasteiger partial charge in [0.2, 0.25) is 11.7 Å². The summed E-state index contributed by atoms with van der Waals surface area (Å²) in [5.41, 5.74) is 2.00. The predicted molar refractivity (Wildman–Crippen MR) is 82.5 cm³/mol. The molecule has 21 heavy (non-hydrogen) atoms. The van der Waals surface area contributed by atoms with Gasteiger partial charge in [-0.3, -0.25) is 0 Å². The first kappa shape index (κ1) is 15.5. The Morgan fingerprint density at radius 2 is 2.14 bits per heavy atom. The van der Waals surface area contributed by atoms with Crippen LogP contribution in [0.25, 0.3) is 11.4 Å². The third-order valence-electron chi connectivity index (χ3n) is 3.19. The van der Waals surface area contributed by atoms with Crippen molar-refractivity contribution in [1.29, 1.82) is 0 Å². The molecular formula is C16H23N3O2. The molecule has 5 nitrogen and oxygen atoms in total. The van der Waals surface area contributed by atoms with Gasteiger partial charge in [-0.25, -0.2) is 0 Å². The van der Waals surface area contributed by atoms with Crippen LogP contribution in [0.4, 0.5) is 0 Å². The van der Waals surface area contributed by atoms with Crippen molar-refractivity contribution >= 4 is 0 Å². The van der Waals surface area contributed by atoms with Gasteiger partial charge in [-0.2, -0.15) is 4.98 Å². The molecule has 0 radical (unpaired) electrons. The van der Waals surface area contributed by atoms with Crippen LogP contribution in [0.15, 0.2) is 22.7 Å². The Morgan fingerprint density at radius 3 is 2.86 bits per heavy atom. The third-order valence-corrected chi connectivity index (χ3v) is 3.19. The van der Waals surface area contributed by atoms with Crippen LogP contribution in [0.3, 0.4) is 0 Å². The van der Waals surface area contributed by atoms with Gasteiger partial charge in [0.1, 0.15) is 5.75 Å². The molecular weight excluding hydrogens is 266 g/mol. The Hall–Kier alpha value is -1.88.